The van der Waals surface area contributed by atoms with Crippen molar-refractivity contribution >= 4 is 29.0 Å². The molecule has 5 nitrogen and oxygen atoms in total. The number of ether oxygens (including phenoxy) is 2. The summed E-state index contributed by atoms with van der Waals surface area (Å²) in [6.07, 6.45) is -0.224. The zero-order valence-corrected chi connectivity index (χ0v) is 9.87. The zero-order chi connectivity index (χ0) is 12.1. The molecule has 0 aromatic carbocycles. The molecule has 16 heavy (non-hydrogen) atoms. The third-order valence-corrected chi connectivity index (χ3v) is 2.48. The van der Waals surface area contributed by atoms with Gasteiger partial charge in [0.15, 0.2) is 6.61 Å². The molecule has 2 N–H and O–H groups in total. The Morgan fingerprint density at radius 1 is 1.50 bits per heavy atom. The van der Waals surface area contributed by atoms with Crippen molar-refractivity contribution in [2.75, 3.05) is 12.3 Å². The summed E-state index contributed by atoms with van der Waals surface area (Å²) in [5, 5.41) is 1.68. The van der Waals surface area contributed by atoms with E-state index in [-0.39, 0.29) is 6.10 Å². The van der Waals surface area contributed by atoms with Crippen LogP contribution in [0.2, 0.25) is 0 Å². The lowest BCUT2D eigenvalue weighted by Crippen LogP contribution is -2.19. The average Bonchev–Trinajstić information content (AvgIpc) is 2.60. The van der Waals surface area contributed by atoms with Gasteiger partial charge < -0.3 is 15.2 Å². The Hall–Kier alpha value is -1.56. The molecule has 0 unspecified atom stereocenters. The molecule has 0 aliphatic heterocycles. The summed E-state index contributed by atoms with van der Waals surface area (Å²) in [6, 6.07) is 1.60. The molecule has 1 heterocycles. The van der Waals surface area contributed by atoms with E-state index >= 15 is 0 Å². The predicted octanol–water partition coefficient (Wildman–Crippen LogP) is 1.44. The first-order valence-corrected chi connectivity index (χ1v) is 5.58. The van der Waals surface area contributed by atoms with Crippen LogP contribution in [0.4, 0.5) is 5.69 Å². The fraction of sp³-hybridized carbons (Fsp3) is 0.400. The molecule has 1 rings (SSSR count). The number of anilines is 1. The van der Waals surface area contributed by atoms with Gasteiger partial charge in [0.05, 0.1) is 11.8 Å². The van der Waals surface area contributed by atoms with Gasteiger partial charge in [-0.05, 0) is 25.3 Å². The van der Waals surface area contributed by atoms with E-state index in [4.69, 9.17) is 15.2 Å². The highest BCUT2D eigenvalue weighted by Crippen LogP contribution is 2.19. The van der Waals surface area contributed by atoms with Gasteiger partial charge in [0.1, 0.15) is 4.88 Å². The number of esters is 2. The maximum absolute atomic E-state index is 11.4. The summed E-state index contributed by atoms with van der Waals surface area (Å²) in [4.78, 5) is 22.8. The molecule has 0 fully saturated rings. The van der Waals surface area contributed by atoms with Gasteiger partial charge in [-0.1, -0.05) is 0 Å². The van der Waals surface area contributed by atoms with E-state index in [1.54, 1.807) is 25.3 Å². The van der Waals surface area contributed by atoms with Crippen molar-refractivity contribution < 1.29 is 19.1 Å². The van der Waals surface area contributed by atoms with Crippen molar-refractivity contribution in [3.8, 4) is 0 Å². The van der Waals surface area contributed by atoms with Gasteiger partial charge in [-0.3, -0.25) is 0 Å². The van der Waals surface area contributed by atoms with Gasteiger partial charge in [0, 0.05) is 0 Å². The number of nitrogen functional groups attached to an aromatic ring is 1. The predicted molar refractivity (Wildman–Crippen MR) is 60.2 cm³/mol. The standard InChI is InChI=1S/C10H13NO4S/c1-6(2)15-8(12)5-14-10(13)9-7(11)3-4-16-9/h3-4,6H,5,11H2,1-2H3. The third kappa shape index (κ3) is 3.54. The first-order chi connectivity index (χ1) is 7.50. The summed E-state index contributed by atoms with van der Waals surface area (Å²) in [5.74, 6) is -1.17. The molecule has 1 aromatic heterocycles. The zero-order valence-electron chi connectivity index (χ0n) is 9.06. The Kier molecular flexibility index (Phi) is 4.30. The first kappa shape index (κ1) is 12.5. The molecule has 0 spiro atoms. The molecule has 0 aliphatic rings. The summed E-state index contributed by atoms with van der Waals surface area (Å²) in [6.45, 7) is 3.04. The van der Waals surface area contributed by atoms with Gasteiger partial charge in [-0.2, -0.15) is 0 Å². The van der Waals surface area contributed by atoms with Crippen molar-refractivity contribution in [3.05, 3.63) is 16.3 Å². The van der Waals surface area contributed by atoms with E-state index < -0.39 is 18.5 Å². The van der Waals surface area contributed by atoms with Crippen LogP contribution in [0.15, 0.2) is 11.4 Å². The van der Waals surface area contributed by atoms with Crippen LogP contribution < -0.4 is 5.73 Å². The van der Waals surface area contributed by atoms with Gasteiger partial charge in [-0.15, -0.1) is 11.3 Å². The number of carbonyl (C=O) groups excluding carboxylic acids is 2. The van der Waals surface area contributed by atoms with Crippen molar-refractivity contribution in [1.29, 1.82) is 0 Å². The van der Waals surface area contributed by atoms with Gasteiger partial charge >= 0.3 is 11.9 Å². The number of carbonyl (C=O) groups is 2. The lowest BCUT2D eigenvalue weighted by atomic mass is 10.4. The Labute approximate surface area is 97.2 Å². The van der Waals surface area contributed by atoms with E-state index in [1.807, 2.05) is 0 Å². The quantitative estimate of drug-likeness (QED) is 0.809. The molecule has 1 aromatic rings. The molecule has 0 atom stereocenters. The molecule has 6 heteroatoms. The van der Waals surface area contributed by atoms with Gasteiger partial charge in [0.25, 0.3) is 0 Å². The summed E-state index contributed by atoms with van der Waals surface area (Å²) < 4.78 is 9.55. The Morgan fingerprint density at radius 3 is 2.69 bits per heavy atom. The first-order valence-electron chi connectivity index (χ1n) is 4.70. The third-order valence-electron chi connectivity index (χ3n) is 1.57. The average molecular weight is 243 g/mol. The molecule has 0 aliphatic carbocycles. The van der Waals surface area contributed by atoms with E-state index in [0.717, 1.165) is 0 Å². The second kappa shape index (κ2) is 5.50. The fourth-order valence-corrected chi connectivity index (χ4v) is 1.68. The van der Waals surface area contributed by atoms with E-state index in [0.29, 0.717) is 10.6 Å². The molecular formula is C10H13NO4S. The van der Waals surface area contributed by atoms with Crippen molar-refractivity contribution in [1.82, 2.24) is 0 Å². The number of hydrogen-bond donors (Lipinski definition) is 1. The number of hydrogen-bond acceptors (Lipinski definition) is 6. The number of nitrogens with two attached hydrogens (primary N) is 1. The van der Waals surface area contributed by atoms with Gasteiger partial charge in [-0.25, -0.2) is 9.59 Å². The Bertz CT molecular complexity index is 386. The minimum Gasteiger partial charge on any atom is -0.460 e. The molecule has 0 bridgehead atoms. The topological polar surface area (TPSA) is 78.6 Å². The van der Waals surface area contributed by atoms with Crippen LogP contribution in [0, 0.1) is 0 Å². The minimum atomic E-state index is -0.604. The molecular weight excluding hydrogens is 230 g/mol. The van der Waals surface area contributed by atoms with Crippen LogP contribution in [0.1, 0.15) is 23.5 Å². The summed E-state index contributed by atoms with van der Waals surface area (Å²) in [7, 11) is 0. The van der Waals surface area contributed by atoms with E-state index in [1.165, 1.54) is 11.3 Å². The van der Waals surface area contributed by atoms with Crippen LogP contribution in [-0.2, 0) is 14.3 Å². The monoisotopic (exact) mass is 243 g/mol. The van der Waals surface area contributed by atoms with Crippen LogP contribution in [0.3, 0.4) is 0 Å². The maximum Gasteiger partial charge on any atom is 0.351 e. The van der Waals surface area contributed by atoms with E-state index in [9.17, 15) is 9.59 Å². The summed E-state index contributed by atoms with van der Waals surface area (Å²) >= 11 is 1.17. The SMILES string of the molecule is CC(C)OC(=O)COC(=O)c1sccc1N. The highest BCUT2D eigenvalue weighted by atomic mass is 32.1. The normalized spacial score (nSPS) is 10.2. The lowest BCUT2D eigenvalue weighted by molar-refractivity contribution is -0.150. The van der Waals surface area contributed by atoms with Crippen LogP contribution in [-0.4, -0.2) is 24.6 Å². The van der Waals surface area contributed by atoms with Crippen LogP contribution >= 0.6 is 11.3 Å². The molecule has 0 radical (unpaired) electrons. The maximum atomic E-state index is 11.4. The van der Waals surface area contributed by atoms with Crippen molar-refractivity contribution in [2.45, 2.75) is 20.0 Å². The highest BCUT2D eigenvalue weighted by molar-refractivity contribution is 7.12. The molecule has 0 saturated carbocycles. The molecule has 0 saturated heterocycles. The largest absolute Gasteiger partial charge is 0.460 e. The molecule has 88 valence electrons. The van der Waals surface area contributed by atoms with E-state index in [2.05, 4.69) is 0 Å². The Morgan fingerprint density at radius 2 is 2.19 bits per heavy atom. The second-order valence-corrected chi connectivity index (χ2v) is 4.24. The van der Waals surface area contributed by atoms with Crippen molar-refractivity contribution in [3.63, 3.8) is 0 Å². The fourth-order valence-electron chi connectivity index (χ4n) is 0.972. The van der Waals surface area contributed by atoms with Crippen LogP contribution in [0.25, 0.3) is 0 Å². The summed E-state index contributed by atoms with van der Waals surface area (Å²) in [5.41, 5.74) is 5.88. The Balaban J connectivity index is 2.42. The minimum absolute atomic E-state index is 0.224. The highest BCUT2D eigenvalue weighted by Gasteiger charge is 2.15. The number of rotatable bonds is 4. The lowest BCUT2D eigenvalue weighted by Gasteiger charge is -2.07. The van der Waals surface area contributed by atoms with Crippen molar-refractivity contribution in [2.24, 2.45) is 0 Å². The number of thiophene rings is 1. The molecule has 0 amide bonds. The smallest absolute Gasteiger partial charge is 0.351 e. The van der Waals surface area contributed by atoms with Crippen LogP contribution in [0.5, 0.6) is 0 Å². The second-order valence-electron chi connectivity index (χ2n) is 3.32. The van der Waals surface area contributed by atoms with Gasteiger partial charge in [0.2, 0.25) is 0 Å².